The van der Waals surface area contributed by atoms with Gasteiger partial charge in [0.25, 0.3) is 11.8 Å². The summed E-state index contributed by atoms with van der Waals surface area (Å²) in [6.07, 6.45) is 1.65. The number of aromatic nitrogens is 1. The number of imide groups is 1. The summed E-state index contributed by atoms with van der Waals surface area (Å²) in [5, 5.41) is 0.579. The Labute approximate surface area is 178 Å². The highest BCUT2D eigenvalue weighted by Gasteiger charge is 2.39. The van der Waals surface area contributed by atoms with Gasteiger partial charge in [0.15, 0.2) is 0 Å². The molecule has 0 fully saturated rings. The van der Waals surface area contributed by atoms with E-state index in [4.69, 9.17) is 11.6 Å². The number of halogens is 1. The van der Waals surface area contributed by atoms with Crippen LogP contribution in [0.5, 0.6) is 0 Å². The molecule has 2 aromatic carbocycles. The molecule has 4 nitrogen and oxygen atoms in total. The molecule has 2 amide bonds. The topological polar surface area (TPSA) is 50.3 Å². The molecule has 4 rings (SSSR count). The molecule has 1 aromatic heterocycles. The summed E-state index contributed by atoms with van der Waals surface area (Å²) in [5.74, 6) is 0.00838. The lowest BCUT2D eigenvalue weighted by molar-refractivity contribution is -0.137. The van der Waals surface area contributed by atoms with Crippen molar-refractivity contribution in [2.24, 2.45) is 0 Å². The molecule has 2 heterocycles. The van der Waals surface area contributed by atoms with Crippen molar-refractivity contribution < 1.29 is 9.59 Å². The van der Waals surface area contributed by atoms with Gasteiger partial charge in [0, 0.05) is 17.0 Å². The standard InChI is InChI=1S/C23H17ClN2O2S/c24-18-11-9-17(10-12-18)20-21(29-15-16-6-2-1-3-7-16)23(28)26(22(20)27)14-19-8-4-5-13-25-19/h1-13H,14-15H2. The molecule has 3 aromatic rings. The van der Waals surface area contributed by atoms with Gasteiger partial charge in [-0.15, -0.1) is 11.8 Å². The average molecular weight is 421 g/mol. The van der Waals surface area contributed by atoms with E-state index in [-0.39, 0.29) is 18.4 Å². The molecular weight excluding hydrogens is 404 g/mol. The molecule has 0 saturated heterocycles. The highest BCUT2D eigenvalue weighted by Crippen LogP contribution is 2.38. The molecule has 0 radical (unpaired) electrons. The van der Waals surface area contributed by atoms with Crippen LogP contribution in [0.25, 0.3) is 5.57 Å². The summed E-state index contributed by atoms with van der Waals surface area (Å²) < 4.78 is 0. The van der Waals surface area contributed by atoms with Gasteiger partial charge in [0.05, 0.1) is 22.7 Å². The Morgan fingerprint density at radius 2 is 1.59 bits per heavy atom. The molecule has 0 saturated carbocycles. The number of nitrogens with zero attached hydrogens (tertiary/aromatic N) is 2. The van der Waals surface area contributed by atoms with Crippen molar-refractivity contribution in [2.75, 3.05) is 0 Å². The fourth-order valence-electron chi connectivity index (χ4n) is 3.09. The van der Waals surface area contributed by atoms with E-state index in [1.54, 1.807) is 42.6 Å². The predicted octanol–water partition coefficient (Wildman–Crippen LogP) is 4.95. The molecule has 29 heavy (non-hydrogen) atoms. The van der Waals surface area contributed by atoms with E-state index in [2.05, 4.69) is 4.98 Å². The van der Waals surface area contributed by atoms with Gasteiger partial charge >= 0.3 is 0 Å². The number of rotatable bonds is 6. The first kappa shape index (κ1) is 19.4. The highest BCUT2D eigenvalue weighted by atomic mass is 35.5. The quantitative estimate of drug-likeness (QED) is 0.529. The zero-order chi connectivity index (χ0) is 20.2. The number of hydrogen-bond donors (Lipinski definition) is 0. The summed E-state index contributed by atoms with van der Waals surface area (Å²) >= 11 is 7.39. The lowest BCUT2D eigenvalue weighted by atomic mass is 10.1. The van der Waals surface area contributed by atoms with Crippen LogP contribution in [0.15, 0.2) is 83.9 Å². The van der Waals surface area contributed by atoms with Crippen LogP contribution >= 0.6 is 23.4 Å². The summed E-state index contributed by atoms with van der Waals surface area (Å²) in [7, 11) is 0. The number of hydrogen-bond acceptors (Lipinski definition) is 4. The van der Waals surface area contributed by atoms with Crippen molar-refractivity contribution in [3.63, 3.8) is 0 Å². The van der Waals surface area contributed by atoms with Crippen LogP contribution in [0.3, 0.4) is 0 Å². The molecule has 6 heteroatoms. The predicted molar refractivity (Wildman–Crippen MR) is 116 cm³/mol. The smallest absolute Gasteiger partial charge is 0.268 e. The second kappa shape index (κ2) is 8.64. The largest absolute Gasteiger partial charge is 0.269 e. The molecule has 0 spiro atoms. The van der Waals surface area contributed by atoms with Crippen molar-refractivity contribution in [1.82, 2.24) is 9.88 Å². The van der Waals surface area contributed by atoms with Crippen molar-refractivity contribution in [2.45, 2.75) is 12.3 Å². The minimum atomic E-state index is -0.307. The van der Waals surface area contributed by atoms with Gasteiger partial charge < -0.3 is 0 Å². The lowest BCUT2D eigenvalue weighted by Gasteiger charge is -2.14. The number of carbonyl (C=O) groups excluding carboxylic acids is 2. The zero-order valence-electron chi connectivity index (χ0n) is 15.4. The summed E-state index contributed by atoms with van der Waals surface area (Å²) in [4.78, 5) is 32.3. The molecular formula is C23H17ClN2O2S. The first-order valence-corrected chi connectivity index (χ1v) is 10.4. The van der Waals surface area contributed by atoms with Gasteiger partial charge in [0.2, 0.25) is 0 Å². The van der Waals surface area contributed by atoms with E-state index in [1.165, 1.54) is 16.7 Å². The Kier molecular flexibility index (Phi) is 5.79. The normalized spacial score (nSPS) is 14.0. The number of pyridine rings is 1. The van der Waals surface area contributed by atoms with Crippen LogP contribution in [0, 0.1) is 0 Å². The van der Waals surface area contributed by atoms with Gasteiger partial charge in [-0.2, -0.15) is 0 Å². The minimum Gasteiger partial charge on any atom is -0.269 e. The summed E-state index contributed by atoms with van der Waals surface area (Å²) in [6, 6.07) is 22.3. The molecule has 1 aliphatic rings. The maximum absolute atomic E-state index is 13.2. The summed E-state index contributed by atoms with van der Waals surface area (Å²) in [6.45, 7) is 0.144. The van der Waals surface area contributed by atoms with Crippen LogP contribution in [0.2, 0.25) is 5.02 Å². The second-order valence-corrected chi connectivity index (χ2v) is 7.92. The van der Waals surface area contributed by atoms with Crippen molar-refractivity contribution in [3.05, 3.63) is 106 Å². The molecule has 0 aliphatic carbocycles. The van der Waals surface area contributed by atoms with Crippen LogP contribution in [-0.4, -0.2) is 21.7 Å². The number of amides is 2. The molecule has 0 bridgehead atoms. The van der Waals surface area contributed by atoms with E-state index >= 15 is 0 Å². The fraction of sp³-hybridized carbons (Fsp3) is 0.0870. The van der Waals surface area contributed by atoms with E-state index in [0.29, 0.717) is 32.5 Å². The van der Waals surface area contributed by atoms with Crippen molar-refractivity contribution in [3.8, 4) is 0 Å². The third-order valence-electron chi connectivity index (χ3n) is 4.53. The van der Waals surface area contributed by atoms with Crippen LogP contribution < -0.4 is 0 Å². The molecule has 0 N–H and O–H groups in total. The Balaban J connectivity index is 1.67. The third kappa shape index (κ3) is 4.26. The highest BCUT2D eigenvalue weighted by molar-refractivity contribution is 8.03. The molecule has 1 aliphatic heterocycles. The first-order valence-electron chi connectivity index (χ1n) is 9.06. The van der Waals surface area contributed by atoms with Gasteiger partial charge in [-0.05, 0) is 35.4 Å². The number of carbonyl (C=O) groups is 2. The Morgan fingerprint density at radius 3 is 2.28 bits per heavy atom. The zero-order valence-corrected chi connectivity index (χ0v) is 17.0. The van der Waals surface area contributed by atoms with Crippen molar-refractivity contribution in [1.29, 1.82) is 0 Å². The summed E-state index contributed by atoms with van der Waals surface area (Å²) in [5.41, 5.74) is 2.86. The molecule has 144 valence electrons. The molecule has 0 unspecified atom stereocenters. The Hall–Kier alpha value is -2.89. The van der Waals surface area contributed by atoms with Crippen LogP contribution in [0.4, 0.5) is 0 Å². The second-order valence-electron chi connectivity index (χ2n) is 6.50. The van der Waals surface area contributed by atoms with Gasteiger partial charge in [0.1, 0.15) is 0 Å². The maximum atomic E-state index is 13.2. The SMILES string of the molecule is O=C1C(SCc2ccccc2)=C(c2ccc(Cl)cc2)C(=O)N1Cc1ccccn1. The monoisotopic (exact) mass is 420 g/mol. The van der Waals surface area contributed by atoms with Gasteiger partial charge in [-0.1, -0.05) is 60.1 Å². The molecule has 0 atom stereocenters. The van der Waals surface area contributed by atoms with Crippen LogP contribution in [-0.2, 0) is 21.9 Å². The van der Waals surface area contributed by atoms with E-state index < -0.39 is 0 Å². The van der Waals surface area contributed by atoms with E-state index in [9.17, 15) is 9.59 Å². The fourth-order valence-corrected chi connectivity index (χ4v) is 4.30. The number of thioether (sulfide) groups is 1. The van der Waals surface area contributed by atoms with Gasteiger partial charge in [-0.3, -0.25) is 19.5 Å². The Morgan fingerprint density at radius 1 is 0.862 bits per heavy atom. The number of benzene rings is 2. The first-order chi connectivity index (χ1) is 14.1. The van der Waals surface area contributed by atoms with Crippen molar-refractivity contribution >= 4 is 40.8 Å². The maximum Gasteiger partial charge on any atom is 0.268 e. The lowest BCUT2D eigenvalue weighted by Crippen LogP contribution is -2.31. The van der Waals surface area contributed by atoms with E-state index in [1.807, 2.05) is 36.4 Å². The van der Waals surface area contributed by atoms with Gasteiger partial charge in [-0.25, -0.2) is 0 Å². The average Bonchev–Trinajstić information content (AvgIpc) is 2.98. The Bertz CT molecular complexity index is 1070. The van der Waals surface area contributed by atoms with Crippen LogP contribution in [0.1, 0.15) is 16.8 Å². The minimum absolute atomic E-state index is 0.144. The van der Waals surface area contributed by atoms with E-state index in [0.717, 1.165) is 5.56 Å². The third-order valence-corrected chi connectivity index (χ3v) is 5.93.